The summed E-state index contributed by atoms with van der Waals surface area (Å²) in [6.45, 7) is 2.06. The highest BCUT2D eigenvalue weighted by atomic mass is 79.9. The van der Waals surface area contributed by atoms with Gasteiger partial charge in [-0.15, -0.1) is 0 Å². The molecule has 0 fully saturated rings. The van der Waals surface area contributed by atoms with Gasteiger partial charge in [-0.05, 0) is 30.7 Å². The second-order valence-electron chi connectivity index (χ2n) is 4.52. The normalized spacial score (nSPS) is 11.9. The lowest BCUT2D eigenvalue weighted by atomic mass is 10.0. The zero-order valence-electron chi connectivity index (χ0n) is 11.0. The number of carboxylic acid groups (broad SMARTS) is 1. The Morgan fingerprint density at radius 1 is 1.25 bits per heavy atom. The van der Waals surface area contributed by atoms with Crippen LogP contribution in [0.4, 0.5) is 0 Å². The molecule has 2 aromatic carbocycles. The number of hydrogen-bond donors (Lipinski definition) is 1. The van der Waals surface area contributed by atoms with Gasteiger partial charge < -0.3 is 9.84 Å². The Balaban J connectivity index is 2.15. The highest BCUT2D eigenvalue weighted by Gasteiger charge is 2.17. The van der Waals surface area contributed by atoms with Gasteiger partial charge in [-0.25, -0.2) is 0 Å². The van der Waals surface area contributed by atoms with Crippen LogP contribution in [-0.2, 0) is 11.4 Å². The number of hydrogen-bond acceptors (Lipinski definition) is 2. The number of benzene rings is 2. The van der Waals surface area contributed by atoms with Crippen molar-refractivity contribution >= 4 is 21.9 Å². The topological polar surface area (TPSA) is 46.5 Å². The van der Waals surface area contributed by atoms with Gasteiger partial charge in [-0.2, -0.15) is 0 Å². The second kappa shape index (κ2) is 6.57. The van der Waals surface area contributed by atoms with E-state index in [-0.39, 0.29) is 0 Å². The molecule has 1 unspecified atom stereocenters. The maximum Gasteiger partial charge on any atom is 0.310 e. The van der Waals surface area contributed by atoms with Crippen LogP contribution < -0.4 is 4.74 Å². The van der Waals surface area contributed by atoms with Crippen LogP contribution >= 0.6 is 15.9 Å². The molecule has 0 heterocycles. The smallest absolute Gasteiger partial charge is 0.310 e. The first-order valence-electron chi connectivity index (χ1n) is 6.27. The molecule has 2 aromatic rings. The minimum absolute atomic E-state index is 0.406. The number of aliphatic carboxylic acids is 1. The molecule has 4 heteroatoms. The maximum absolute atomic E-state index is 11.1. The quantitative estimate of drug-likeness (QED) is 0.890. The Labute approximate surface area is 126 Å². The summed E-state index contributed by atoms with van der Waals surface area (Å²) in [4.78, 5) is 11.1. The van der Waals surface area contributed by atoms with E-state index in [1.807, 2.05) is 36.4 Å². The number of carboxylic acids is 1. The minimum atomic E-state index is -0.858. The van der Waals surface area contributed by atoms with Gasteiger partial charge in [0, 0.05) is 10.0 Å². The SMILES string of the molecule is CC(C(=O)O)c1ccccc1OCc1cccc(Br)c1. The first kappa shape index (κ1) is 14.6. The Morgan fingerprint density at radius 3 is 2.70 bits per heavy atom. The largest absolute Gasteiger partial charge is 0.489 e. The molecule has 0 aliphatic rings. The van der Waals surface area contributed by atoms with Gasteiger partial charge in [0.2, 0.25) is 0 Å². The molecule has 0 spiro atoms. The highest BCUT2D eigenvalue weighted by molar-refractivity contribution is 9.10. The Kier molecular flexibility index (Phi) is 4.79. The van der Waals surface area contributed by atoms with Gasteiger partial charge in [-0.1, -0.05) is 46.3 Å². The van der Waals surface area contributed by atoms with Crippen LogP contribution in [-0.4, -0.2) is 11.1 Å². The predicted octanol–water partition coefficient (Wildman–Crippen LogP) is 4.22. The van der Waals surface area contributed by atoms with E-state index in [9.17, 15) is 4.79 Å². The molecule has 1 atom stereocenters. The van der Waals surface area contributed by atoms with Crippen molar-refractivity contribution in [1.82, 2.24) is 0 Å². The number of halogens is 1. The van der Waals surface area contributed by atoms with Crippen molar-refractivity contribution in [2.45, 2.75) is 19.4 Å². The fourth-order valence-corrected chi connectivity index (χ4v) is 2.34. The molecule has 0 saturated heterocycles. The third kappa shape index (κ3) is 3.61. The molecule has 0 amide bonds. The van der Waals surface area contributed by atoms with Crippen molar-refractivity contribution in [3.63, 3.8) is 0 Å². The first-order valence-corrected chi connectivity index (χ1v) is 7.06. The van der Waals surface area contributed by atoms with E-state index in [0.717, 1.165) is 10.0 Å². The zero-order valence-corrected chi connectivity index (χ0v) is 12.6. The van der Waals surface area contributed by atoms with Gasteiger partial charge in [0.05, 0.1) is 5.92 Å². The van der Waals surface area contributed by atoms with Crippen molar-refractivity contribution in [2.24, 2.45) is 0 Å². The van der Waals surface area contributed by atoms with Gasteiger partial charge in [0.15, 0.2) is 0 Å². The lowest BCUT2D eigenvalue weighted by Gasteiger charge is -2.14. The third-order valence-electron chi connectivity index (χ3n) is 3.04. The monoisotopic (exact) mass is 334 g/mol. The molecule has 0 saturated carbocycles. The Morgan fingerprint density at radius 2 is 2.00 bits per heavy atom. The van der Waals surface area contributed by atoms with E-state index in [1.54, 1.807) is 19.1 Å². The maximum atomic E-state index is 11.1. The number of rotatable bonds is 5. The summed E-state index contributed by atoms with van der Waals surface area (Å²) in [5.41, 5.74) is 1.71. The molecule has 3 nitrogen and oxygen atoms in total. The summed E-state index contributed by atoms with van der Waals surface area (Å²) >= 11 is 3.41. The van der Waals surface area contributed by atoms with E-state index < -0.39 is 11.9 Å². The summed E-state index contributed by atoms with van der Waals surface area (Å²) in [5, 5.41) is 9.12. The highest BCUT2D eigenvalue weighted by Crippen LogP contribution is 2.27. The lowest BCUT2D eigenvalue weighted by Crippen LogP contribution is -2.09. The van der Waals surface area contributed by atoms with Crippen molar-refractivity contribution in [1.29, 1.82) is 0 Å². The minimum Gasteiger partial charge on any atom is -0.489 e. The Hall–Kier alpha value is -1.81. The van der Waals surface area contributed by atoms with E-state index in [1.165, 1.54) is 0 Å². The van der Waals surface area contributed by atoms with Crippen LogP contribution in [0, 0.1) is 0 Å². The molecule has 0 radical (unpaired) electrons. The molecule has 0 aliphatic carbocycles. The van der Waals surface area contributed by atoms with Crippen LogP contribution in [0.5, 0.6) is 5.75 Å². The van der Waals surface area contributed by atoms with Gasteiger partial charge in [0.25, 0.3) is 0 Å². The summed E-state index contributed by atoms with van der Waals surface area (Å²) < 4.78 is 6.76. The molecule has 0 aliphatic heterocycles. The predicted molar refractivity (Wildman–Crippen MR) is 81.0 cm³/mol. The van der Waals surface area contributed by atoms with Crippen LogP contribution in [0.1, 0.15) is 24.0 Å². The molecule has 2 rings (SSSR count). The van der Waals surface area contributed by atoms with Crippen molar-refractivity contribution in [3.8, 4) is 5.75 Å². The zero-order chi connectivity index (χ0) is 14.5. The van der Waals surface area contributed by atoms with Crippen LogP contribution in [0.25, 0.3) is 0 Å². The fraction of sp³-hybridized carbons (Fsp3) is 0.188. The summed E-state index contributed by atoms with van der Waals surface area (Å²) in [6.07, 6.45) is 0. The standard InChI is InChI=1S/C16H15BrO3/c1-11(16(18)19)14-7-2-3-8-15(14)20-10-12-5-4-6-13(17)9-12/h2-9,11H,10H2,1H3,(H,18,19). The summed E-state index contributed by atoms with van der Waals surface area (Å²) in [6, 6.07) is 15.1. The van der Waals surface area contributed by atoms with Crippen molar-refractivity contribution < 1.29 is 14.6 Å². The Bertz CT molecular complexity index is 610. The average Bonchev–Trinajstić information content (AvgIpc) is 2.44. The van der Waals surface area contributed by atoms with Crippen LogP contribution in [0.2, 0.25) is 0 Å². The number of ether oxygens (including phenoxy) is 1. The van der Waals surface area contributed by atoms with Gasteiger partial charge >= 0.3 is 5.97 Å². The van der Waals surface area contributed by atoms with Gasteiger partial charge in [-0.3, -0.25) is 4.79 Å². The van der Waals surface area contributed by atoms with E-state index in [2.05, 4.69) is 15.9 Å². The van der Waals surface area contributed by atoms with Gasteiger partial charge in [0.1, 0.15) is 12.4 Å². The molecule has 20 heavy (non-hydrogen) atoms. The first-order chi connectivity index (χ1) is 9.58. The fourth-order valence-electron chi connectivity index (χ4n) is 1.89. The molecule has 0 bridgehead atoms. The van der Waals surface area contributed by atoms with Crippen LogP contribution in [0.3, 0.4) is 0 Å². The lowest BCUT2D eigenvalue weighted by molar-refractivity contribution is -0.138. The number of para-hydroxylation sites is 1. The average molecular weight is 335 g/mol. The van der Waals surface area contributed by atoms with Crippen molar-refractivity contribution in [2.75, 3.05) is 0 Å². The van der Waals surface area contributed by atoms with Crippen LogP contribution in [0.15, 0.2) is 53.0 Å². The number of carbonyl (C=O) groups is 1. The molecular weight excluding hydrogens is 320 g/mol. The molecule has 1 N–H and O–H groups in total. The summed E-state index contributed by atoms with van der Waals surface area (Å²) in [5.74, 6) is -0.834. The summed E-state index contributed by atoms with van der Waals surface area (Å²) in [7, 11) is 0. The van der Waals surface area contributed by atoms with Crippen molar-refractivity contribution in [3.05, 3.63) is 64.1 Å². The third-order valence-corrected chi connectivity index (χ3v) is 3.53. The second-order valence-corrected chi connectivity index (χ2v) is 5.43. The molecular formula is C16H15BrO3. The van der Waals surface area contributed by atoms with E-state index in [0.29, 0.717) is 17.9 Å². The van der Waals surface area contributed by atoms with E-state index >= 15 is 0 Å². The van der Waals surface area contributed by atoms with E-state index in [4.69, 9.17) is 9.84 Å². The molecule has 0 aromatic heterocycles. The molecule has 104 valence electrons.